The summed E-state index contributed by atoms with van der Waals surface area (Å²) in [4.78, 5) is 11.9. The zero-order valence-electron chi connectivity index (χ0n) is 19.4. The Hall–Kier alpha value is -2.25. The Kier molecular flexibility index (Phi) is 15.9. The highest BCUT2D eigenvalue weighted by atomic mass is 33.1. The van der Waals surface area contributed by atoms with Crippen molar-refractivity contribution in [3.8, 4) is 11.5 Å². The van der Waals surface area contributed by atoms with E-state index >= 15 is 0 Å². The fourth-order valence-electron chi connectivity index (χ4n) is 2.64. The molecule has 1 aromatic carbocycles. The molecule has 0 fully saturated rings. The van der Waals surface area contributed by atoms with Crippen LogP contribution in [-0.4, -0.2) is 44.7 Å². The van der Waals surface area contributed by atoms with E-state index in [4.69, 9.17) is 9.47 Å². The fraction of sp³-hybridized carbons (Fsp3) is 0.400. The van der Waals surface area contributed by atoms with E-state index in [1.165, 1.54) is 6.42 Å². The molecule has 0 aliphatic heterocycles. The summed E-state index contributed by atoms with van der Waals surface area (Å²) in [5.74, 6) is 3.61. The first kappa shape index (κ1) is 27.8. The Labute approximate surface area is 201 Å². The summed E-state index contributed by atoms with van der Waals surface area (Å²) in [6.07, 6.45) is 14.0. The molecule has 0 atom stereocenters. The molecule has 0 radical (unpaired) electrons. The number of para-hydroxylation sites is 1. The fourth-order valence-corrected chi connectivity index (χ4v) is 4.69. The molecule has 32 heavy (non-hydrogen) atoms. The van der Waals surface area contributed by atoms with Crippen molar-refractivity contribution < 1.29 is 14.3 Å². The first-order valence-electron chi connectivity index (χ1n) is 10.8. The number of hydrogen-bond acceptors (Lipinski definition) is 6. The molecule has 1 amide bonds. The number of nitrogens with one attached hydrogen (secondary N) is 2. The molecule has 7 heteroatoms. The van der Waals surface area contributed by atoms with Gasteiger partial charge in [-0.15, -0.1) is 0 Å². The van der Waals surface area contributed by atoms with E-state index < -0.39 is 0 Å². The molecule has 0 saturated heterocycles. The molecule has 1 rings (SSSR count). The molecule has 0 unspecified atom stereocenters. The van der Waals surface area contributed by atoms with E-state index in [9.17, 15) is 4.79 Å². The average Bonchev–Trinajstić information content (AvgIpc) is 2.81. The van der Waals surface area contributed by atoms with E-state index in [1.54, 1.807) is 20.3 Å². The van der Waals surface area contributed by atoms with Crippen molar-refractivity contribution >= 4 is 33.6 Å². The number of carbonyl (C=O) groups is 1. The Balaban J connectivity index is 2.39. The Bertz CT molecular complexity index is 776. The van der Waals surface area contributed by atoms with Crippen molar-refractivity contribution in [1.82, 2.24) is 10.6 Å². The minimum absolute atomic E-state index is 0.110. The molecule has 2 N–H and O–H groups in total. The summed E-state index contributed by atoms with van der Waals surface area (Å²) in [5, 5.41) is 6.21. The van der Waals surface area contributed by atoms with E-state index in [-0.39, 0.29) is 5.91 Å². The molecule has 5 nitrogen and oxygen atoms in total. The molecule has 0 bridgehead atoms. The van der Waals surface area contributed by atoms with Gasteiger partial charge in [0.1, 0.15) is 0 Å². The summed E-state index contributed by atoms with van der Waals surface area (Å²) in [5.41, 5.74) is 1.91. The standard InChI is InChI=1S/C25H36N2O3S2/c1-5-9-21(13-14-22-10-7-11-23(29-3)25(22)30-4)15-17-26-16-8-12-24(28)27-18-20-32-31-19-6-2/h5,7,9-11,13-15,17,26H,1,6,8,12,16,18-20H2,2-4H3,(H,27,28)/b14-13+,17-15-,21-9-. The lowest BCUT2D eigenvalue weighted by atomic mass is 10.1. The van der Waals surface area contributed by atoms with Gasteiger partial charge in [-0.25, -0.2) is 0 Å². The number of carbonyl (C=O) groups excluding carboxylic acids is 1. The van der Waals surface area contributed by atoms with Crippen molar-refractivity contribution in [1.29, 1.82) is 0 Å². The molecule has 0 spiro atoms. The predicted molar refractivity (Wildman–Crippen MR) is 141 cm³/mol. The van der Waals surface area contributed by atoms with Crippen LogP contribution in [0.1, 0.15) is 31.7 Å². The highest BCUT2D eigenvalue weighted by Crippen LogP contribution is 2.31. The van der Waals surface area contributed by atoms with E-state index in [0.29, 0.717) is 17.9 Å². The molecular weight excluding hydrogens is 440 g/mol. The highest BCUT2D eigenvalue weighted by Gasteiger charge is 2.06. The van der Waals surface area contributed by atoms with Gasteiger partial charge in [0.05, 0.1) is 14.2 Å². The maximum absolute atomic E-state index is 11.9. The Morgan fingerprint density at radius 3 is 2.66 bits per heavy atom. The number of benzene rings is 1. The first-order chi connectivity index (χ1) is 15.7. The number of ether oxygens (including phenoxy) is 2. The van der Waals surface area contributed by atoms with Gasteiger partial charge in [0.15, 0.2) is 11.5 Å². The zero-order chi connectivity index (χ0) is 23.4. The lowest BCUT2D eigenvalue weighted by Gasteiger charge is -2.09. The van der Waals surface area contributed by atoms with E-state index in [2.05, 4.69) is 24.1 Å². The molecule has 0 heterocycles. The summed E-state index contributed by atoms with van der Waals surface area (Å²) >= 11 is 0. The molecular formula is C25H36N2O3S2. The van der Waals surface area contributed by atoms with Crippen molar-refractivity contribution in [2.45, 2.75) is 26.2 Å². The largest absolute Gasteiger partial charge is 0.493 e. The van der Waals surface area contributed by atoms with Crippen LogP contribution in [0.4, 0.5) is 0 Å². The van der Waals surface area contributed by atoms with Crippen molar-refractivity contribution in [2.24, 2.45) is 0 Å². The SMILES string of the molecule is C=C/C=C(\C=C/NCCCC(=O)NCCSSCCC)/C=C/c1cccc(OC)c1OC. The van der Waals surface area contributed by atoms with Gasteiger partial charge < -0.3 is 20.1 Å². The molecule has 176 valence electrons. The van der Waals surface area contributed by atoms with Gasteiger partial charge in [-0.05, 0) is 36.8 Å². The van der Waals surface area contributed by atoms with Crippen LogP contribution in [0, 0.1) is 0 Å². The minimum Gasteiger partial charge on any atom is -0.493 e. The molecule has 0 aliphatic rings. The number of hydrogen-bond donors (Lipinski definition) is 2. The van der Waals surface area contributed by atoms with Gasteiger partial charge >= 0.3 is 0 Å². The number of amides is 1. The number of methoxy groups -OCH3 is 2. The van der Waals surface area contributed by atoms with Crippen LogP contribution in [0.2, 0.25) is 0 Å². The van der Waals surface area contributed by atoms with Crippen molar-refractivity contribution in [2.75, 3.05) is 38.8 Å². The quantitative estimate of drug-likeness (QED) is 0.173. The maximum Gasteiger partial charge on any atom is 0.220 e. The van der Waals surface area contributed by atoms with Crippen LogP contribution in [0.25, 0.3) is 6.08 Å². The minimum atomic E-state index is 0.110. The normalized spacial score (nSPS) is 11.7. The summed E-state index contributed by atoms with van der Waals surface area (Å²) in [6, 6.07) is 5.77. The maximum atomic E-state index is 11.9. The van der Waals surface area contributed by atoms with E-state index in [1.807, 2.05) is 70.3 Å². The topological polar surface area (TPSA) is 59.6 Å². The highest BCUT2D eigenvalue weighted by molar-refractivity contribution is 8.76. The van der Waals surface area contributed by atoms with Gasteiger partial charge in [-0.3, -0.25) is 4.79 Å². The van der Waals surface area contributed by atoms with Gasteiger partial charge in [-0.2, -0.15) is 0 Å². The number of rotatable bonds is 17. The van der Waals surface area contributed by atoms with E-state index in [0.717, 1.165) is 42.2 Å². The van der Waals surface area contributed by atoms with Crippen LogP contribution in [0.5, 0.6) is 11.5 Å². The zero-order valence-corrected chi connectivity index (χ0v) is 21.0. The first-order valence-corrected chi connectivity index (χ1v) is 13.3. The van der Waals surface area contributed by atoms with Gasteiger partial charge in [0.2, 0.25) is 5.91 Å². The number of allylic oxidation sites excluding steroid dienone is 5. The lowest BCUT2D eigenvalue weighted by molar-refractivity contribution is -0.121. The van der Waals surface area contributed by atoms with Crippen LogP contribution in [-0.2, 0) is 4.79 Å². The second-order valence-corrected chi connectivity index (χ2v) is 9.41. The lowest BCUT2D eigenvalue weighted by Crippen LogP contribution is -2.26. The van der Waals surface area contributed by atoms with Crippen molar-refractivity contribution in [3.05, 3.63) is 66.4 Å². The average molecular weight is 477 g/mol. The van der Waals surface area contributed by atoms with Crippen LogP contribution in [0.15, 0.2) is 60.9 Å². The molecule has 0 saturated carbocycles. The van der Waals surface area contributed by atoms with Crippen LogP contribution in [0.3, 0.4) is 0 Å². The molecule has 1 aromatic rings. The smallest absolute Gasteiger partial charge is 0.220 e. The Morgan fingerprint density at radius 2 is 1.94 bits per heavy atom. The monoisotopic (exact) mass is 476 g/mol. The van der Waals surface area contributed by atoms with Gasteiger partial charge in [0.25, 0.3) is 0 Å². The van der Waals surface area contributed by atoms with Gasteiger partial charge in [0, 0.05) is 36.6 Å². The molecule has 0 aliphatic carbocycles. The van der Waals surface area contributed by atoms with Gasteiger partial charge in [-0.1, -0.05) is 71.5 Å². The summed E-state index contributed by atoms with van der Waals surface area (Å²) in [6.45, 7) is 7.42. The summed E-state index contributed by atoms with van der Waals surface area (Å²) < 4.78 is 10.8. The van der Waals surface area contributed by atoms with Crippen molar-refractivity contribution in [3.63, 3.8) is 0 Å². The van der Waals surface area contributed by atoms with Crippen LogP contribution >= 0.6 is 21.6 Å². The molecule has 0 aromatic heterocycles. The van der Waals surface area contributed by atoms with Crippen LogP contribution < -0.4 is 20.1 Å². The third kappa shape index (κ3) is 12.0. The second kappa shape index (κ2) is 18.3. The second-order valence-electron chi connectivity index (χ2n) is 6.70. The predicted octanol–water partition coefficient (Wildman–Crippen LogP) is 5.62. The summed E-state index contributed by atoms with van der Waals surface area (Å²) in [7, 11) is 6.94. The third-order valence-corrected chi connectivity index (χ3v) is 6.81. The Morgan fingerprint density at radius 1 is 1.12 bits per heavy atom. The third-order valence-electron chi connectivity index (χ3n) is 4.20.